The second-order valence-electron chi connectivity index (χ2n) is 7.65. The zero-order chi connectivity index (χ0) is 18.4. The van der Waals surface area contributed by atoms with Crippen LogP contribution in [0.2, 0.25) is 0 Å². The van der Waals surface area contributed by atoms with Gasteiger partial charge in [-0.3, -0.25) is 14.5 Å². The smallest absolute Gasteiger partial charge is 0.261 e. The van der Waals surface area contributed by atoms with Gasteiger partial charge in [-0.25, -0.2) is 0 Å². The van der Waals surface area contributed by atoms with Gasteiger partial charge in [0.2, 0.25) is 0 Å². The number of aryl methyl sites for hydroxylation is 1. The van der Waals surface area contributed by atoms with Gasteiger partial charge in [-0.1, -0.05) is 34.0 Å². The van der Waals surface area contributed by atoms with Crippen molar-refractivity contribution in [3.05, 3.63) is 34.9 Å². The molecule has 0 unspecified atom stereocenters. The molecule has 0 saturated carbocycles. The Balaban J connectivity index is 1.80. The van der Waals surface area contributed by atoms with Crippen LogP contribution in [0, 0.1) is 6.92 Å². The molecule has 0 aliphatic carbocycles. The minimum absolute atomic E-state index is 0.135. The summed E-state index contributed by atoms with van der Waals surface area (Å²) in [7, 11) is 4.46. The van der Waals surface area contributed by atoms with E-state index in [9.17, 15) is 9.59 Å². The predicted octanol–water partition coefficient (Wildman–Crippen LogP) is 4.01. The first-order valence-electron chi connectivity index (χ1n) is 9.20. The van der Waals surface area contributed by atoms with E-state index < -0.39 is 0 Å². The van der Waals surface area contributed by atoms with Crippen LogP contribution in [0.1, 0.15) is 58.4 Å². The highest BCUT2D eigenvalue weighted by Gasteiger charge is 2.35. The maximum Gasteiger partial charge on any atom is 0.261 e. The third-order valence-corrected chi connectivity index (χ3v) is 5.48. The lowest BCUT2D eigenvalue weighted by Crippen LogP contribution is -2.43. The largest absolute Gasteiger partial charge is 0.328 e. The molecule has 2 amide bonds. The molecule has 1 aromatic carbocycles. The van der Waals surface area contributed by atoms with Crippen LogP contribution in [-0.4, -0.2) is 60.3 Å². The molecule has 0 saturated heterocycles. The lowest BCUT2D eigenvalue weighted by atomic mass is 10.1. The van der Waals surface area contributed by atoms with Crippen molar-refractivity contribution in [1.29, 1.82) is 0 Å². The average molecular weight is 410 g/mol. The van der Waals surface area contributed by atoms with Gasteiger partial charge in [-0.2, -0.15) is 0 Å². The molecule has 1 heterocycles. The number of imide groups is 1. The zero-order valence-electron chi connectivity index (χ0n) is 15.7. The van der Waals surface area contributed by atoms with Crippen molar-refractivity contribution < 1.29 is 14.1 Å². The summed E-state index contributed by atoms with van der Waals surface area (Å²) in [5, 5.41) is 1.09. The van der Waals surface area contributed by atoms with Crippen LogP contribution in [0.15, 0.2) is 18.2 Å². The van der Waals surface area contributed by atoms with Crippen LogP contribution in [0.5, 0.6) is 0 Å². The number of hydrogen-bond acceptors (Lipinski definition) is 2. The van der Waals surface area contributed by atoms with Gasteiger partial charge in [0.05, 0.1) is 38.3 Å². The summed E-state index contributed by atoms with van der Waals surface area (Å²) in [5.74, 6) is -0.274. The fraction of sp³-hybridized carbons (Fsp3) is 0.600. The quantitative estimate of drug-likeness (QED) is 0.253. The molecule has 0 fully saturated rings. The second kappa shape index (κ2) is 8.95. The van der Waals surface area contributed by atoms with Crippen LogP contribution < -0.4 is 0 Å². The molecule has 25 heavy (non-hydrogen) atoms. The summed E-state index contributed by atoms with van der Waals surface area (Å²) in [6.45, 7) is 4.57. The molecule has 1 aliphatic rings. The molecule has 0 atom stereocenters. The zero-order valence-corrected chi connectivity index (χ0v) is 17.3. The number of carbonyl (C=O) groups is 2. The summed E-state index contributed by atoms with van der Waals surface area (Å²) in [6.07, 6.45) is 5.86. The van der Waals surface area contributed by atoms with E-state index >= 15 is 0 Å². The van der Waals surface area contributed by atoms with Gasteiger partial charge in [0, 0.05) is 18.3 Å². The van der Waals surface area contributed by atoms with Gasteiger partial charge in [0.25, 0.3) is 11.8 Å². The molecular formula is C20H30BrN2O2+. The van der Waals surface area contributed by atoms with E-state index in [1.807, 2.05) is 19.1 Å². The van der Waals surface area contributed by atoms with Crippen LogP contribution in [0.3, 0.4) is 0 Å². The Morgan fingerprint density at radius 3 is 2.28 bits per heavy atom. The standard InChI is InChI=1S/C20H30BrN2O2/c1-16-9-10-17-18(15-16)20(25)22(19(17)24)12-8-14-23(2,3)13-7-5-4-6-11-21/h9-10,15H,4-8,11-14H2,1-3H3/q+1. The minimum atomic E-state index is -0.139. The molecule has 138 valence electrons. The molecule has 1 aromatic rings. The Bertz CT molecular complexity index is 628. The monoisotopic (exact) mass is 409 g/mol. The number of benzene rings is 1. The van der Waals surface area contributed by atoms with E-state index in [0.29, 0.717) is 17.7 Å². The number of hydrogen-bond donors (Lipinski definition) is 0. The van der Waals surface area contributed by atoms with Gasteiger partial charge >= 0.3 is 0 Å². The highest BCUT2D eigenvalue weighted by Crippen LogP contribution is 2.24. The van der Waals surface area contributed by atoms with Crippen molar-refractivity contribution >= 4 is 27.7 Å². The molecule has 0 N–H and O–H groups in total. The summed E-state index contributed by atoms with van der Waals surface area (Å²) >= 11 is 3.47. The highest BCUT2D eigenvalue weighted by atomic mass is 79.9. The Labute approximate surface area is 159 Å². The number of amides is 2. The molecule has 0 aromatic heterocycles. The highest BCUT2D eigenvalue weighted by molar-refractivity contribution is 9.09. The maximum absolute atomic E-state index is 12.5. The van der Waals surface area contributed by atoms with Crippen molar-refractivity contribution in [3.63, 3.8) is 0 Å². The van der Waals surface area contributed by atoms with Crippen molar-refractivity contribution in [2.75, 3.05) is 39.1 Å². The summed E-state index contributed by atoms with van der Waals surface area (Å²) in [4.78, 5) is 26.3. The van der Waals surface area contributed by atoms with Gasteiger partial charge in [0.1, 0.15) is 0 Å². The van der Waals surface area contributed by atoms with Crippen molar-refractivity contribution in [2.45, 2.75) is 39.0 Å². The first kappa shape index (κ1) is 20.1. The van der Waals surface area contributed by atoms with Gasteiger partial charge in [-0.15, -0.1) is 0 Å². The molecule has 1 aliphatic heterocycles. The normalized spacial score (nSPS) is 14.3. The van der Waals surface area contributed by atoms with Gasteiger partial charge in [0.15, 0.2) is 0 Å². The molecule has 2 rings (SSSR count). The average Bonchev–Trinajstić information content (AvgIpc) is 2.79. The van der Waals surface area contributed by atoms with Gasteiger partial charge in [-0.05, 0) is 38.3 Å². The van der Waals surface area contributed by atoms with Crippen LogP contribution >= 0.6 is 15.9 Å². The van der Waals surface area contributed by atoms with E-state index in [4.69, 9.17) is 0 Å². The maximum atomic E-state index is 12.5. The van der Waals surface area contributed by atoms with E-state index in [0.717, 1.165) is 34.9 Å². The Kier molecular flexibility index (Phi) is 7.20. The van der Waals surface area contributed by atoms with E-state index in [1.54, 1.807) is 6.07 Å². The Hall–Kier alpha value is -1.20. The van der Waals surface area contributed by atoms with E-state index in [2.05, 4.69) is 30.0 Å². The third-order valence-electron chi connectivity index (χ3n) is 4.92. The number of halogens is 1. The lowest BCUT2D eigenvalue weighted by molar-refractivity contribution is -0.890. The van der Waals surface area contributed by atoms with E-state index in [-0.39, 0.29) is 11.8 Å². The Morgan fingerprint density at radius 2 is 1.56 bits per heavy atom. The van der Waals surface area contributed by atoms with Crippen molar-refractivity contribution in [1.82, 2.24) is 4.90 Å². The molecule has 0 bridgehead atoms. The summed E-state index contributed by atoms with van der Waals surface area (Å²) in [5.41, 5.74) is 2.13. The number of alkyl halides is 1. The fourth-order valence-corrected chi connectivity index (χ4v) is 3.76. The van der Waals surface area contributed by atoms with Crippen LogP contribution in [0.4, 0.5) is 0 Å². The number of fused-ring (bicyclic) bond motifs is 1. The Morgan fingerprint density at radius 1 is 0.920 bits per heavy atom. The fourth-order valence-electron chi connectivity index (χ4n) is 3.36. The number of rotatable bonds is 10. The predicted molar refractivity (Wildman–Crippen MR) is 105 cm³/mol. The summed E-state index contributed by atoms with van der Waals surface area (Å²) < 4.78 is 0.941. The van der Waals surface area contributed by atoms with Crippen LogP contribution in [0.25, 0.3) is 0 Å². The number of quaternary nitrogens is 1. The molecule has 0 radical (unpaired) electrons. The molecular weight excluding hydrogens is 380 g/mol. The SMILES string of the molecule is Cc1ccc2c(c1)C(=O)N(CCC[N+](C)(C)CCCCCCBr)C2=O. The molecule has 4 nitrogen and oxygen atoms in total. The van der Waals surface area contributed by atoms with Crippen molar-refractivity contribution in [2.24, 2.45) is 0 Å². The second-order valence-corrected chi connectivity index (χ2v) is 8.44. The van der Waals surface area contributed by atoms with Gasteiger partial charge < -0.3 is 4.48 Å². The number of carbonyl (C=O) groups excluding carboxylic acids is 2. The molecule has 0 spiro atoms. The number of nitrogens with zero attached hydrogens (tertiary/aromatic N) is 2. The third kappa shape index (κ3) is 5.38. The summed E-state index contributed by atoms with van der Waals surface area (Å²) in [6, 6.07) is 5.49. The van der Waals surface area contributed by atoms with Crippen molar-refractivity contribution in [3.8, 4) is 0 Å². The topological polar surface area (TPSA) is 37.4 Å². The lowest BCUT2D eigenvalue weighted by Gasteiger charge is -2.30. The van der Waals surface area contributed by atoms with Crippen LogP contribution in [-0.2, 0) is 0 Å². The molecule has 5 heteroatoms. The first-order valence-corrected chi connectivity index (χ1v) is 10.3. The minimum Gasteiger partial charge on any atom is -0.328 e. The van der Waals surface area contributed by atoms with E-state index in [1.165, 1.54) is 30.6 Å². The number of unbranched alkanes of at least 4 members (excludes halogenated alkanes) is 3. The first-order chi connectivity index (χ1) is 11.9.